The van der Waals surface area contributed by atoms with E-state index in [4.69, 9.17) is 4.98 Å². The number of aromatic nitrogens is 3. The van der Waals surface area contributed by atoms with E-state index >= 15 is 4.39 Å². The number of hydrogen-bond acceptors (Lipinski definition) is 7. The van der Waals surface area contributed by atoms with Gasteiger partial charge in [0.1, 0.15) is 28.9 Å². The van der Waals surface area contributed by atoms with Crippen LogP contribution < -0.4 is 15.4 Å². The van der Waals surface area contributed by atoms with Gasteiger partial charge in [-0.25, -0.2) is 9.37 Å². The van der Waals surface area contributed by atoms with Crippen LogP contribution in [0.3, 0.4) is 0 Å². The van der Waals surface area contributed by atoms with Crippen LogP contribution in [0.1, 0.15) is 62.3 Å². The molecule has 7 rings (SSSR count). The Balaban J connectivity index is 1.63. The summed E-state index contributed by atoms with van der Waals surface area (Å²) in [5.74, 6) is -1.41. The van der Waals surface area contributed by atoms with Crippen molar-refractivity contribution in [1.29, 1.82) is 0 Å². The molecule has 2 fully saturated rings. The second-order valence-electron chi connectivity index (χ2n) is 13.2. The lowest BCUT2D eigenvalue weighted by atomic mass is 9.95. The van der Waals surface area contributed by atoms with Crippen molar-refractivity contribution in [2.45, 2.75) is 64.5 Å². The summed E-state index contributed by atoms with van der Waals surface area (Å²) < 4.78 is 17.0. The Morgan fingerprint density at radius 3 is 2.53 bits per heavy atom. The van der Waals surface area contributed by atoms with Crippen LogP contribution in [0, 0.1) is 12.7 Å². The summed E-state index contributed by atoms with van der Waals surface area (Å²) in [6, 6.07) is 6.92. The van der Waals surface area contributed by atoms with Crippen molar-refractivity contribution in [3.8, 4) is 22.7 Å². The van der Waals surface area contributed by atoms with Crippen molar-refractivity contribution in [3.63, 3.8) is 0 Å². The van der Waals surface area contributed by atoms with E-state index in [2.05, 4.69) is 11.6 Å². The number of carbonyl (C=O) groups excluding carboxylic acids is 2. The zero-order valence-corrected chi connectivity index (χ0v) is 27.1. The normalized spacial score (nSPS) is 19.3. The van der Waals surface area contributed by atoms with Crippen LogP contribution in [0.15, 0.2) is 54.0 Å². The Morgan fingerprint density at radius 1 is 1.13 bits per heavy atom. The quantitative estimate of drug-likeness (QED) is 0.301. The van der Waals surface area contributed by atoms with Crippen molar-refractivity contribution >= 4 is 34.2 Å². The predicted octanol–water partition coefficient (Wildman–Crippen LogP) is 5.17. The van der Waals surface area contributed by atoms with Gasteiger partial charge in [0.15, 0.2) is 0 Å². The van der Waals surface area contributed by atoms with Crippen LogP contribution in [0.4, 0.5) is 15.8 Å². The number of aromatic hydroxyl groups is 1. The van der Waals surface area contributed by atoms with Gasteiger partial charge < -0.3 is 19.8 Å². The third-order valence-corrected chi connectivity index (χ3v) is 9.73. The zero-order chi connectivity index (χ0) is 33.5. The first kappa shape index (κ1) is 30.6. The highest BCUT2D eigenvalue weighted by atomic mass is 19.1. The van der Waals surface area contributed by atoms with Crippen molar-refractivity contribution in [2.24, 2.45) is 0 Å². The van der Waals surface area contributed by atoms with Gasteiger partial charge in [0.25, 0.3) is 11.5 Å². The number of halogens is 1. The molecule has 4 aromatic rings. The molecule has 0 spiro atoms. The van der Waals surface area contributed by atoms with Crippen LogP contribution in [0.25, 0.3) is 28.0 Å². The van der Waals surface area contributed by atoms with Gasteiger partial charge in [0.2, 0.25) is 5.91 Å². The minimum atomic E-state index is -0.739. The molecule has 1 saturated carbocycles. The van der Waals surface area contributed by atoms with E-state index in [9.17, 15) is 19.5 Å². The number of rotatable bonds is 5. The maximum absolute atomic E-state index is 15.5. The molecule has 1 aromatic carbocycles. The molecule has 242 valence electrons. The molecular formula is C36H37FN6O4. The Morgan fingerprint density at radius 2 is 1.87 bits per heavy atom. The first-order valence-corrected chi connectivity index (χ1v) is 16.0. The Labute approximate surface area is 271 Å². The van der Waals surface area contributed by atoms with Gasteiger partial charge in [0, 0.05) is 31.2 Å². The average Bonchev–Trinajstić information content (AvgIpc) is 3.88. The number of anilines is 2. The SMILES string of the molecule is C=CC(=O)N1C[C@@H]2C(=O)N(C)c3c(c4cc(C5CC5)c(-c5c(O)cccc5F)nc4n(-c4c(C)ccnc4C(C)C)c3=O)N2C[C@H]1C. The monoisotopic (exact) mass is 636 g/mol. The van der Waals surface area contributed by atoms with Gasteiger partial charge in [-0.3, -0.25) is 23.9 Å². The Bertz CT molecular complexity index is 2050. The standard InChI is InChI=1S/C36H37FN6O4/c1-7-27(45)41-17-25-35(46)40(6)33-32(42(25)16-20(41)5)23-15-22(21-11-12-21)30(28-24(37)9-8-10-26(28)44)39-34(23)43(36(33)47)31-19(4)13-14-38-29(31)18(2)3/h7-10,13-15,18,20-21,25,44H,1,11-12,16-17H2,2-6H3/t20-,25-/m1/s1. The Kier molecular flexibility index (Phi) is 7.18. The van der Waals surface area contributed by atoms with Crippen molar-refractivity contribution < 1.29 is 19.1 Å². The molecule has 3 aromatic heterocycles. The lowest BCUT2D eigenvalue weighted by molar-refractivity contribution is -0.130. The number of benzene rings is 1. The van der Waals surface area contributed by atoms with Crippen LogP contribution >= 0.6 is 0 Å². The van der Waals surface area contributed by atoms with E-state index < -0.39 is 17.4 Å². The summed E-state index contributed by atoms with van der Waals surface area (Å²) in [5, 5.41) is 11.5. The fraction of sp³-hybridized carbons (Fsp3) is 0.361. The number of hydrogen-bond donors (Lipinski definition) is 1. The van der Waals surface area contributed by atoms with E-state index in [0.717, 1.165) is 24.0 Å². The van der Waals surface area contributed by atoms with Gasteiger partial charge >= 0.3 is 0 Å². The van der Waals surface area contributed by atoms with Crippen LogP contribution in [-0.2, 0) is 9.59 Å². The molecule has 1 saturated heterocycles. The molecule has 0 unspecified atom stereocenters. The number of carbonyl (C=O) groups is 2. The van der Waals surface area contributed by atoms with Crippen molar-refractivity contribution in [3.05, 3.63) is 82.2 Å². The average molecular weight is 637 g/mol. The number of phenolic OH excluding ortho intramolecular Hbond substituents is 1. The molecule has 5 heterocycles. The number of aryl methyl sites for hydroxylation is 1. The minimum Gasteiger partial charge on any atom is -0.507 e. The topological polar surface area (TPSA) is 112 Å². The third-order valence-electron chi connectivity index (χ3n) is 9.73. The van der Waals surface area contributed by atoms with Gasteiger partial charge in [-0.05, 0) is 80.0 Å². The summed E-state index contributed by atoms with van der Waals surface area (Å²) in [6.07, 6.45) is 4.69. The van der Waals surface area contributed by atoms with E-state index in [1.807, 2.05) is 44.7 Å². The van der Waals surface area contributed by atoms with Crippen LogP contribution in [0.2, 0.25) is 0 Å². The number of likely N-dealkylation sites (N-methyl/N-ethyl adjacent to an activating group) is 1. The molecule has 2 atom stereocenters. The molecule has 0 radical (unpaired) electrons. The number of nitrogens with zero attached hydrogens (tertiary/aromatic N) is 6. The molecule has 2 amide bonds. The maximum Gasteiger partial charge on any atom is 0.283 e. The molecule has 47 heavy (non-hydrogen) atoms. The highest BCUT2D eigenvalue weighted by Crippen LogP contribution is 2.49. The fourth-order valence-electron chi connectivity index (χ4n) is 7.23. The molecular weight excluding hydrogens is 599 g/mol. The third kappa shape index (κ3) is 4.62. The minimum absolute atomic E-state index is 0.0182. The summed E-state index contributed by atoms with van der Waals surface area (Å²) in [6.45, 7) is 11.8. The highest BCUT2D eigenvalue weighted by molar-refractivity contribution is 6.12. The molecule has 3 aliphatic rings. The lowest BCUT2D eigenvalue weighted by Gasteiger charge is -2.49. The highest BCUT2D eigenvalue weighted by Gasteiger charge is 2.46. The summed E-state index contributed by atoms with van der Waals surface area (Å²) in [7, 11) is 1.59. The summed E-state index contributed by atoms with van der Waals surface area (Å²) >= 11 is 0. The first-order valence-electron chi connectivity index (χ1n) is 16.0. The number of pyridine rings is 3. The maximum atomic E-state index is 15.5. The first-order chi connectivity index (χ1) is 22.4. The fourth-order valence-corrected chi connectivity index (χ4v) is 7.23. The molecule has 1 aliphatic carbocycles. The van der Waals surface area contributed by atoms with Gasteiger partial charge in [-0.2, -0.15) is 0 Å². The van der Waals surface area contributed by atoms with E-state index in [1.54, 1.807) is 18.1 Å². The second kappa shape index (κ2) is 11.0. The number of phenols is 1. The van der Waals surface area contributed by atoms with Crippen LogP contribution in [0.5, 0.6) is 5.75 Å². The lowest BCUT2D eigenvalue weighted by Crippen LogP contribution is -2.66. The molecule has 11 heteroatoms. The van der Waals surface area contributed by atoms with Gasteiger partial charge in [-0.15, -0.1) is 0 Å². The second-order valence-corrected chi connectivity index (χ2v) is 13.2. The molecule has 0 bridgehead atoms. The number of amides is 2. The van der Waals surface area contributed by atoms with Gasteiger partial charge in [0.05, 0.1) is 34.9 Å². The van der Waals surface area contributed by atoms with E-state index in [1.165, 1.54) is 33.7 Å². The summed E-state index contributed by atoms with van der Waals surface area (Å²) in [5.41, 5.74) is 3.59. The van der Waals surface area contributed by atoms with Crippen molar-refractivity contribution in [1.82, 2.24) is 19.4 Å². The van der Waals surface area contributed by atoms with Crippen molar-refractivity contribution in [2.75, 3.05) is 29.9 Å². The number of fused-ring (bicyclic) bond motifs is 5. The number of piperazine rings is 1. The zero-order valence-electron chi connectivity index (χ0n) is 27.1. The molecule has 2 aliphatic heterocycles. The van der Waals surface area contributed by atoms with Crippen LogP contribution in [-0.4, -0.2) is 68.6 Å². The Hall–Kier alpha value is -5.06. The van der Waals surface area contributed by atoms with E-state index in [-0.39, 0.29) is 64.6 Å². The predicted molar refractivity (Wildman–Crippen MR) is 179 cm³/mol. The smallest absolute Gasteiger partial charge is 0.283 e. The summed E-state index contributed by atoms with van der Waals surface area (Å²) in [4.78, 5) is 56.5. The van der Waals surface area contributed by atoms with E-state index in [0.29, 0.717) is 29.0 Å². The molecule has 1 N–H and O–H groups in total. The largest absolute Gasteiger partial charge is 0.507 e. The molecule has 10 nitrogen and oxygen atoms in total. The van der Waals surface area contributed by atoms with Gasteiger partial charge in [-0.1, -0.05) is 26.5 Å².